The molecule has 1 aliphatic carbocycles. The standard InChI is InChI=1S/C17H19BrN2O/c1-11-7-13(9-14(18)8-11)17(20-19)12-3-2-4-16(10-12)21-15-5-6-15/h2-4,7-10,15,17,20H,5-6,19H2,1H3. The molecule has 0 saturated heterocycles. The molecule has 1 unspecified atom stereocenters. The van der Waals surface area contributed by atoms with Crippen LogP contribution in [-0.4, -0.2) is 6.10 Å². The van der Waals surface area contributed by atoms with Crippen molar-refractivity contribution in [2.24, 2.45) is 5.84 Å². The van der Waals surface area contributed by atoms with Gasteiger partial charge in [0.2, 0.25) is 0 Å². The summed E-state index contributed by atoms with van der Waals surface area (Å²) in [5.41, 5.74) is 6.35. The molecule has 0 aliphatic heterocycles. The Labute approximate surface area is 133 Å². The number of nitrogens with one attached hydrogen (secondary N) is 1. The maximum absolute atomic E-state index is 5.87. The van der Waals surface area contributed by atoms with Crippen molar-refractivity contribution in [2.45, 2.75) is 31.9 Å². The van der Waals surface area contributed by atoms with E-state index in [0.717, 1.165) is 34.2 Å². The van der Waals surface area contributed by atoms with Gasteiger partial charge in [-0.2, -0.15) is 0 Å². The van der Waals surface area contributed by atoms with Crippen molar-refractivity contribution in [1.82, 2.24) is 5.43 Å². The molecule has 110 valence electrons. The van der Waals surface area contributed by atoms with E-state index < -0.39 is 0 Å². The van der Waals surface area contributed by atoms with Crippen LogP contribution in [0.2, 0.25) is 0 Å². The number of rotatable bonds is 5. The predicted molar refractivity (Wildman–Crippen MR) is 88.1 cm³/mol. The van der Waals surface area contributed by atoms with Gasteiger partial charge in [-0.1, -0.05) is 34.1 Å². The Morgan fingerprint density at radius 1 is 1.19 bits per heavy atom. The van der Waals surface area contributed by atoms with Gasteiger partial charge in [-0.05, 0) is 60.7 Å². The van der Waals surface area contributed by atoms with Gasteiger partial charge in [0.15, 0.2) is 0 Å². The van der Waals surface area contributed by atoms with E-state index in [4.69, 9.17) is 10.6 Å². The first-order valence-corrected chi connectivity index (χ1v) is 7.95. The van der Waals surface area contributed by atoms with Gasteiger partial charge < -0.3 is 4.74 Å². The Morgan fingerprint density at radius 3 is 2.67 bits per heavy atom. The number of aryl methyl sites for hydroxylation is 1. The maximum Gasteiger partial charge on any atom is 0.120 e. The van der Waals surface area contributed by atoms with E-state index in [0.29, 0.717) is 6.10 Å². The summed E-state index contributed by atoms with van der Waals surface area (Å²) in [4.78, 5) is 0. The SMILES string of the molecule is Cc1cc(Br)cc(C(NN)c2cccc(OC3CC3)c2)c1. The number of halogens is 1. The molecule has 21 heavy (non-hydrogen) atoms. The monoisotopic (exact) mass is 346 g/mol. The Balaban J connectivity index is 1.91. The summed E-state index contributed by atoms with van der Waals surface area (Å²) in [5, 5.41) is 0. The average molecular weight is 347 g/mol. The number of hydrazine groups is 1. The van der Waals surface area contributed by atoms with E-state index in [2.05, 4.69) is 58.6 Å². The Hall–Kier alpha value is -1.36. The van der Waals surface area contributed by atoms with Crippen LogP contribution in [0.15, 0.2) is 46.9 Å². The second-order valence-corrected chi connectivity index (χ2v) is 6.47. The molecule has 1 atom stereocenters. The van der Waals surface area contributed by atoms with Crippen LogP contribution in [0.4, 0.5) is 0 Å². The third kappa shape index (κ3) is 3.64. The Morgan fingerprint density at radius 2 is 2.00 bits per heavy atom. The van der Waals surface area contributed by atoms with E-state index >= 15 is 0 Å². The summed E-state index contributed by atoms with van der Waals surface area (Å²) in [7, 11) is 0. The summed E-state index contributed by atoms with van der Waals surface area (Å²) in [5.74, 6) is 6.71. The van der Waals surface area contributed by atoms with Crippen LogP contribution in [0.1, 0.15) is 35.6 Å². The van der Waals surface area contributed by atoms with Gasteiger partial charge in [0.25, 0.3) is 0 Å². The lowest BCUT2D eigenvalue weighted by atomic mass is 9.98. The number of hydrogen-bond acceptors (Lipinski definition) is 3. The second kappa shape index (κ2) is 6.18. The normalized spacial score (nSPS) is 15.8. The summed E-state index contributed by atoms with van der Waals surface area (Å²) in [6, 6.07) is 14.4. The summed E-state index contributed by atoms with van der Waals surface area (Å²) >= 11 is 3.55. The van der Waals surface area contributed by atoms with Crippen LogP contribution in [0, 0.1) is 6.92 Å². The van der Waals surface area contributed by atoms with Gasteiger partial charge in [-0.25, -0.2) is 5.43 Å². The van der Waals surface area contributed by atoms with Crippen LogP contribution in [0.3, 0.4) is 0 Å². The summed E-state index contributed by atoms with van der Waals surface area (Å²) in [6.45, 7) is 2.08. The van der Waals surface area contributed by atoms with E-state index in [9.17, 15) is 0 Å². The lowest BCUT2D eigenvalue weighted by Crippen LogP contribution is -2.28. The number of benzene rings is 2. The van der Waals surface area contributed by atoms with Gasteiger partial charge in [0.1, 0.15) is 5.75 Å². The highest BCUT2D eigenvalue weighted by Crippen LogP contribution is 2.30. The zero-order chi connectivity index (χ0) is 14.8. The summed E-state index contributed by atoms with van der Waals surface area (Å²) < 4.78 is 6.92. The largest absolute Gasteiger partial charge is 0.490 e. The number of ether oxygens (including phenoxy) is 1. The molecular formula is C17H19BrN2O. The van der Waals surface area contributed by atoms with Crippen LogP contribution in [0.5, 0.6) is 5.75 Å². The third-order valence-corrected chi connectivity index (χ3v) is 4.04. The van der Waals surface area contributed by atoms with Crippen LogP contribution < -0.4 is 16.0 Å². The number of nitrogens with two attached hydrogens (primary N) is 1. The van der Waals surface area contributed by atoms with E-state index in [1.807, 2.05) is 12.1 Å². The van der Waals surface area contributed by atoms with Crippen molar-refractivity contribution in [3.05, 3.63) is 63.6 Å². The minimum atomic E-state index is -0.0519. The lowest BCUT2D eigenvalue weighted by Gasteiger charge is -2.19. The molecular weight excluding hydrogens is 328 g/mol. The first kappa shape index (κ1) is 14.6. The molecule has 0 aromatic heterocycles. The molecule has 0 spiro atoms. The van der Waals surface area contributed by atoms with Gasteiger partial charge in [-0.15, -0.1) is 0 Å². The molecule has 3 N–H and O–H groups in total. The molecule has 1 saturated carbocycles. The fraction of sp³-hybridized carbons (Fsp3) is 0.294. The molecule has 2 aromatic rings. The van der Waals surface area contributed by atoms with Crippen molar-refractivity contribution in [1.29, 1.82) is 0 Å². The van der Waals surface area contributed by atoms with Gasteiger partial charge in [-0.3, -0.25) is 5.84 Å². The van der Waals surface area contributed by atoms with Crippen LogP contribution in [-0.2, 0) is 0 Å². The zero-order valence-corrected chi connectivity index (χ0v) is 13.6. The van der Waals surface area contributed by atoms with Crippen molar-refractivity contribution in [3.63, 3.8) is 0 Å². The minimum Gasteiger partial charge on any atom is -0.490 e. The highest BCUT2D eigenvalue weighted by molar-refractivity contribution is 9.10. The fourth-order valence-electron chi connectivity index (χ4n) is 2.46. The van der Waals surface area contributed by atoms with Crippen LogP contribution in [0.25, 0.3) is 0 Å². The molecule has 3 rings (SSSR count). The van der Waals surface area contributed by atoms with Crippen molar-refractivity contribution in [3.8, 4) is 5.75 Å². The van der Waals surface area contributed by atoms with E-state index in [-0.39, 0.29) is 6.04 Å². The highest BCUT2D eigenvalue weighted by atomic mass is 79.9. The van der Waals surface area contributed by atoms with Crippen molar-refractivity contribution >= 4 is 15.9 Å². The highest BCUT2D eigenvalue weighted by Gasteiger charge is 2.24. The van der Waals surface area contributed by atoms with E-state index in [1.165, 1.54) is 5.56 Å². The lowest BCUT2D eigenvalue weighted by molar-refractivity contribution is 0.302. The van der Waals surface area contributed by atoms with Gasteiger partial charge in [0.05, 0.1) is 12.1 Å². The Kier molecular flexibility index (Phi) is 4.29. The molecule has 1 fully saturated rings. The fourth-order valence-corrected chi connectivity index (χ4v) is 3.09. The molecule has 3 nitrogen and oxygen atoms in total. The zero-order valence-electron chi connectivity index (χ0n) is 12.0. The molecule has 2 aromatic carbocycles. The van der Waals surface area contributed by atoms with Crippen molar-refractivity contribution in [2.75, 3.05) is 0 Å². The smallest absolute Gasteiger partial charge is 0.120 e. The minimum absolute atomic E-state index is 0.0519. The van der Waals surface area contributed by atoms with Gasteiger partial charge >= 0.3 is 0 Å². The third-order valence-electron chi connectivity index (χ3n) is 3.58. The maximum atomic E-state index is 5.87. The summed E-state index contributed by atoms with van der Waals surface area (Å²) in [6.07, 6.45) is 2.72. The molecule has 0 amide bonds. The average Bonchev–Trinajstić information content (AvgIpc) is 3.23. The molecule has 4 heteroatoms. The van der Waals surface area contributed by atoms with Gasteiger partial charge in [0, 0.05) is 4.47 Å². The molecule has 0 bridgehead atoms. The predicted octanol–water partition coefficient (Wildman–Crippen LogP) is 3.85. The first-order chi connectivity index (χ1) is 10.2. The van der Waals surface area contributed by atoms with E-state index in [1.54, 1.807) is 0 Å². The topological polar surface area (TPSA) is 47.3 Å². The Bertz CT molecular complexity index is 620. The molecule has 0 heterocycles. The van der Waals surface area contributed by atoms with Crippen LogP contribution >= 0.6 is 15.9 Å². The quantitative estimate of drug-likeness (QED) is 0.638. The second-order valence-electron chi connectivity index (χ2n) is 5.55. The molecule has 1 aliphatic rings. The molecule has 0 radical (unpaired) electrons. The van der Waals surface area contributed by atoms with Crippen molar-refractivity contribution < 1.29 is 4.74 Å². The number of hydrogen-bond donors (Lipinski definition) is 2. The first-order valence-electron chi connectivity index (χ1n) is 7.15.